The number of nitrogens with one attached hydrogen (secondary N) is 1. The number of ketones is 1. The molecule has 4 N–H and O–H groups in total. The quantitative estimate of drug-likeness (QED) is 0.533. The summed E-state index contributed by atoms with van der Waals surface area (Å²) in [5.74, 6) is -0.112. The molecule has 0 aromatic heterocycles. The van der Waals surface area contributed by atoms with E-state index < -0.39 is 11.0 Å². The maximum atomic E-state index is 12.6. The van der Waals surface area contributed by atoms with E-state index in [0.717, 1.165) is 18.5 Å². The first-order valence-electron chi connectivity index (χ1n) is 8.45. The third kappa shape index (κ3) is 1.22. The monoisotopic (exact) mass is 315 g/mol. The zero-order chi connectivity index (χ0) is 16.1. The number of phenolic OH excluding ortho intramolecular Hbond substituents is 2. The smallest absolute Gasteiger partial charge is 0.161 e. The van der Waals surface area contributed by atoms with Crippen LogP contribution in [0.3, 0.4) is 0 Å². The maximum absolute atomic E-state index is 12.6. The van der Waals surface area contributed by atoms with Gasteiger partial charge in [-0.1, -0.05) is 13.0 Å². The summed E-state index contributed by atoms with van der Waals surface area (Å²) in [6.07, 6.45) is 1.58. The molecule has 5 rings (SSSR count). The molecular formula is C18H21NO4. The molecule has 6 atom stereocenters. The van der Waals surface area contributed by atoms with Crippen molar-refractivity contribution in [3.8, 4) is 11.5 Å². The number of benzene rings is 1. The molecular weight excluding hydrogens is 294 g/mol. The molecule has 0 amide bonds. The molecule has 1 heterocycles. The fourth-order valence-corrected chi connectivity index (χ4v) is 6.62. The van der Waals surface area contributed by atoms with Crippen LogP contribution in [-0.4, -0.2) is 39.3 Å². The van der Waals surface area contributed by atoms with Crippen molar-refractivity contribution in [2.24, 2.45) is 17.8 Å². The van der Waals surface area contributed by atoms with Gasteiger partial charge in [-0.2, -0.15) is 0 Å². The predicted octanol–water partition coefficient (Wildman–Crippen LogP) is 0.840. The van der Waals surface area contributed by atoms with Gasteiger partial charge in [-0.25, -0.2) is 0 Å². The maximum Gasteiger partial charge on any atom is 0.161 e. The summed E-state index contributed by atoms with van der Waals surface area (Å²) in [7, 11) is 0. The molecule has 0 radical (unpaired) electrons. The van der Waals surface area contributed by atoms with Crippen molar-refractivity contribution in [1.82, 2.24) is 5.32 Å². The molecule has 1 aromatic carbocycles. The van der Waals surface area contributed by atoms with E-state index in [1.165, 1.54) is 6.07 Å². The molecule has 4 bridgehead atoms. The highest BCUT2D eigenvalue weighted by molar-refractivity contribution is 5.86. The van der Waals surface area contributed by atoms with Crippen LogP contribution >= 0.6 is 0 Å². The molecule has 4 aliphatic rings. The summed E-state index contributed by atoms with van der Waals surface area (Å²) in [5, 5.41) is 35.9. The van der Waals surface area contributed by atoms with Crippen molar-refractivity contribution in [1.29, 1.82) is 0 Å². The van der Waals surface area contributed by atoms with E-state index in [1.807, 2.05) is 13.0 Å². The summed E-state index contributed by atoms with van der Waals surface area (Å²) in [4.78, 5) is 12.6. The van der Waals surface area contributed by atoms with Crippen LogP contribution in [0.1, 0.15) is 30.9 Å². The van der Waals surface area contributed by atoms with E-state index in [-0.39, 0.29) is 41.1 Å². The lowest BCUT2D eigenvalue weighted by Crippen LogP contribution is -2.69. The summed E-state index contributed by atoms with van der Waals surface area (Å²) >= 11 is 0. The Morgan fingerprint density at radius 3 is 2.87 bits per heavy atom. The molecule has 4 unspecified atom stereocenters. The van der Waals surface area contributed by atoms with Crippen LogP contribution in [0.5, 0.6) is 11.5 Å². The minimum atomic E-state index is -1.04. The SMILES string of the molecule is CC1C(=O)CC[C@@]2(O)C3NCC4C3Cc3ccc(O)c(O)c3[C@]142. The molecule has 23 heavy (non-hydrogen) atoms. The molecule has 1 aromatic rings. The standard InChI is InChI=1S/C18H21NO4/c1-8-12(20)4-5-17(23)16-10-6-9-2-3-13(21)15(22)14(9)18(8,17)11(10)7-19-16/h2-3,8,10-11,16,19,21-23H,4-7H2,1H3/t8?,10?,11?,16?,17-,18+/m1/s1. The zero-order valence-electron chi connectivity index (χ0n) is 13.0. The lowest BCUT2D eigenvalue weighted by Gasteiger charge is -2.57. The Labute approximate surface area is 134 Å². The van der Waals surface area contributed by atoms with Gasteiger partial charge in [0.25, 0.3) is 0 Å². The lowest BCUT2D eigenvalue weighted by molar-refractivity contribution is -0.150. The number of phenols is 2. The fraction of sp³-hybridized carbons (Fsp3) is 0.611. The number of rotatable bonds is 0. The van der Waals surface area contributed by atoms with Crippen LogP contribution in [0.4, 0.5) is 0 Å². The van der Waals surface area contributed by atoms with Crippen LogP contribution in [0, 0.1) is 17.8 Å². The Kier molecular flexibility index (Phi) is 2.34. The Bertz CT molecular complexity index is 747. The van der Waals surface area contributed by atoms with Crippen LogP contribution < -0.4 is 5.32 Å². The number of fused-ring (bicyclic) bond motifs is 2. The van der Waals surface area contributed by atoms with Crippen molar-refractivity contribution in [2.75, 3.05) is 6.54 Å². The second kappa shape index (κ2) is 3.90. The number of Topliss-reactive ketones (excluding diaryl/α,β-unsaturated/α-hetero) is 1. The number of piperidine rings is 1. The van der Waals surface area contributed by atoms with Gasteiger partial charge in [0.2, 0.25) is 0 Å². The van der Waals surface area contributed by atoms with Gasteiger partial charge in [0.1, 0.15) is 5.78 Å². The van der Waals surface area contributed by atoms with Crippen LogP contribution in [0.2, 0.25) is 0 Å². The highest BCUT2D eigenvalue weighted by Gasteiger charge is 2.77. The Balaban J connectivity index is 1.90. The van der Waals surface area contributed by atoms with Crippen molar-refractivity contribution >= 4 is 5.78 Å². The largest absolute Gasteiger partial charge is 0.504 e. The van der Waals surface area contributed by atoms with Crippen molar-refractivity contribution in [3.05, 3.63) is 23.3 Å². The number of carbonyl (C=O) groups is 1. The third-order valence-electron chi connectivity index (χ3n) is 7.35. The van der Waals surface area contributed by atoms with Crippen LogP contribution in [0.15, 0.2) is 12.1 Å². The van der Waals surface area contributed by atoms with Gasteiger partial charge >= 0.3 is 0 Å². The molecule has 1 spiro atoms. The number of hydrogen-bond acceptors (Lipinski definition) is 5. The summed E-state index contributed by atoms with van der Waals surface area (Å²) in [5.41, 5.74) is -0.220. The number of aromatic hydroxyl groups is 2. The zero-order valence-corrected chi connectivity index (χ0v) is 13.0. The molecule has 3 aliphatic carbocycles. The number of carbonyl (C=O) groups excluding carboxylic acids is 1. The molecule has 5 heteroatoms. The van der Waals surface area contributed by atoms with E-state index in [4.69, 9.17) is 0 Å². The lowest BCUT2D eigenvalue weighted by atomic mass is 9.49. The summed E-state index contributed by atoms with van der Waals surface area (Å²) < 4.78 is 0. The fourth-order valence-electron chi connectivity index (χ4n) is 6.62. The Hall–Kier alpha value is -1.59. The van der Waals surface area contributed by atoms with Crippen LogP contribution in [-0.2, 0) is 16.6 Å². The highest BCUT2D eigenvalue weighted by Crippen LogP contribution is 2.69. The molecule has 3 fully saturated rings. The van der Waals surface area contributed by atoms with Gasteiger partial charge < -0.3 is 20.6 Å². The Morgan fingerprint density at radius 1 is 1.30 bits per heavy atom. The number of aliphatic hydroxyl groups is 1. The van der Waals surface area contributed by atoms with E-state index in [9.17, 15) is 20.1 Å². The minimum Gasteiger partial charge on any atom is -0.504 e. The van der Waals surface area contributed by atoms with E-state index in [2.05, 4.69) is 5.32 Å². The van der Waals surface area contributed by atoms with E-state index >= 15 is 0 Å². The van der Waals surface area contributed by atoms with Crippen molar-refractivity contribution < 1.29 is 20.1 Å². The molecule has 5 nitrogen and oxygen atoms in total. The van der Waals surface area contributed by atoms with Crippen molar-refractivity contribution in [3.63, 3.8) is 0 Å². The van der Waals surface area contributed by atoms with Gasteiger partial charge in [0.05, 0.1) is 5.60 Å². The molecule has 2 saturated carbocycles. The molecule has 1 saturated heterocycles. The average molecular weight is 315 g/mol. The third-order valence-corrected chi connectivity index (χ3v) is 7.35. The first-order chi connectivity index (χ1) is 10.9. The van der Waals surface area contributed by atoms with Gasteiger partial charge in [-0.3, -0.25) is 4.79 Å². The normalized spacial score (nSPS) is 46.6. The average Bonchev–Trinajstić information content (AvgIpc) is 3.01. The van der Waals surface area contributed by atoms with Crippen molar-refractivity contribution in [2.45, 2.75) is 43.2 Å². The summed E-state index contributed by atoms with van der Waals surface area (Å²) in [6, 6.07) is 3.31. The second-order valence-electron chi connectivity index (χ2n) is 7.81. The Morgan fingerprint density at radius 2 is 2.09 bits per heavy atom. The minimum absolute atomic E-state index is 0.0445. The van der Waals surface area contributed by atoms with Gasteiger partial charge in [0.15, 0.2) is 11.5 Å². The second-order valence-corrected chi connectivity index (χ2v) is 7.81. The van der Waals surface area contributed by atoms with E-state index in [0.29, 0.717) is 18.4 Å². The number of hydrogen-bond donors (Lipinski definition) is 4. The highest BCUT2D eigenvalue weighted by atomic mass is 16.3. The van der Waals surface area contributed by atoms with Gasteiger partial charge in [0, 0.05) is 29.4 Å². The van der Waals surface area contributed by atoms with Crippen LogP contribution in [0.25, 0.3) is 0 Å². The van der Waals surface area contributed by atoms with Gasteiger partial charge in [-0.05, 0) is 42.9 Å². The first-order valence-corrected chi connectivity index (χ1v) is 8.45. The van der Waals surface area contributed by atoms with E-state index in [1.54, 1.807) is 0 Å². The molecule has 122 valence electrons. The topological polar surface area (TPSA) is 89.8 Å². The first kappa shape index (κ1) is 13.8. The van der Waals surface area contributed by atoms with Gasteiger partial charge in [-0.15, -0.1) is 0 Å². The predicted molar refractivity (Wildman–Crippen MR) is 82.3 cm³/mol. The molecule has 1 aliphatic heterocycles. The summed E-state index contributed by atoms with van der Waals surface area (Å²) in [6.45, 7) is 2.65.